The number of aromatic nitrogens is 1. The predicted molar refractivity (Wildman–Crippen MR) is 97.4 cm³/mol. The van der Waals surface area contributed by atoms with Crippen molar-refractivity contribution >= 4 is 29.0 Å². The van der Waals surface area contributed by atoms with E-state index in [1.165, 1.54) is 0 Å². The monoisotopic (exact) mass is 347 g/mol. The molecule has 0 aliphatic heterocycles. The van der Waals surface area contributed by atoms with E-state index in [0.717, 1.165) is 25.1 Å². The molecule has 1 aromatic heterocycles. The lowest BCUT2D eigenvalue weighted by molar-refractivity contribution is 0.0793. The Kier molecular flexibility index (Phi) is 6.44. The lowest BCUT2D eigenvalue weighted by atomic mass is 10.2. The molecule has 6 heteroatoms. The number of amides is 1. The van der Waals surface area contributed by atoms with Crippen molar-refractivity contribution in [2.24, 2.45) is 0 Å². The van der Waals surface area contributed by atoms with E-state index in [0.29, 0.717) is 22.2 Å². The Balaban J connectivity index is 2.12. The summed E-state index contributed by atoms with van der Waals surface area (Å²) in [5.74, 6) is 1.18. The molecule has 5 nitrogen and oxygen atoms in total. The third-order valence-electron chi connectivity index (χ3n) is 3.62. The van der Waals surface area contributed by atoms with Crippen LogP contribution in [0.5, 0.6) is 5.75 Å². The topological polar surface area (TPSA) is 54.5 Å². The fourth-order valence-corrected chi connectivity index (χ4v) is 2.50. The largest absolute Gasteiger partial charge is 0.495 e. The Hall–Kier alpha value is -2.27. The van der Waals surface area contributed by atoms with Crippen molar-refractivity contribution in [2.45, 2.75) is 19.8 Å². The van der Waals surface area contributed by atoms with Crippen LogP contribution in [0.25, 0.3) is 0 Å². The van der Waals surface area contributed by atoms with Crippen LogP contribution in [0, 0.1) is 0 Å². The molecule has 128 valence electrons. The third-order valence-corrected chi connectivity index (χ3v) is 3.92. The van der Waals surface area contributed by atoms with Gasteiger partial charge in [0.1, 0.15) is 11.6 Å². The van der Waals surface area contributed by atoms with Crippen LogP contribution < -0.4 is 10.1 Å². The number of methoxy groups -OCH3 is 1. The van der Waals surface area contributed by atoms with Crippen LogP contribution in [-0.4, -0.2) is 36.5 Å². The molecule has 1 N–H and O–H groups in total. The molecular formula is C18H22ClN3O2. The third kappa shape index (κ3) is 4.61. The smallest absolute Gasteiger partial charge is 0.253 e. The summed E-state index contributed by atoms with van der Waals surface area (Å²) in [7, 11) is 3.38. The zero-order valence-electron chi connectivity index (χ0n) is 14.2. The maximum atomic E-state index is 12.4. The number of halogens is 1. The fourth-order valence-electron chi connectivity index (χ4n) is 2.24. The number of ether oxygens (including phenoxy) is 1. The summed E-state index contributed by atoms with van der Waals surface area (Å²) < 4.78 is 5.13. The van der Waals surface area contributed by atoms with Gasteiger partial charge >= 0.3 is 0 Å². The number of nitrogens with zero attached hydrogens (tertiary/aromatic N) is 2. The first kappa shape index (κ1) is 18.1. The number of carbonyl (C=O) groups excluding carboxylic acids is 1. The summed E-state index contributed by atoms with van der Waals surface area (Å²) >= 11 is 6.12. The van der Waals surface area contributed by atoms with E-state index in [-0.39, 0.29) is 5.91 Å². The van der Waals surface area contributed by atoms with Crippen molar-refractivity contribution in [3.63, 3.8) is 0 Å². The molecule has 2 aromatic rings. The number of hydrogen-bond acceptors (Lipinski definition) is 4. The van der Waals surface area contributed by atoms with Crippen LogP contribution in [-0.2, 0) is 0 Å². The lowest BCUT2D eigenvalue weighted by Crippen LogP contribution is -2.27. The maximum Gasteiger partial charge on any atom is 0.253 e. The minimum Gasteiger partial charge on any atom is -0.495 e. The SMILES string of the molecule is CCCCN(C)C(=O)c1ccnc(Nc2ccc(OC)c(Cl)c2)c1. The molecule has 0 atom stereocenters. The highest BCUT2D eigenvalue weighted by Crippen LogP contribution is 2.28. The van der Waals surface area contributed by atoms with Gasteiger partial charge in [-0.05, 0) is 36.8 Å². The molecule has 0 bridgehead atoms. The van der Waals surface area contributed by atoms with Gasteiger partial charge in [-0.3, -0.25) is 4.79 Å². The van der Waals surface area contributed by atoms with Crippen molar-refractivity contribution in [1.29, 1.82) is 0 Å². The van der Waals surface area contributed by atoms with Crippen molar-refractivity contribution < 1.29 is 9.53 Å². The summed E-state index contributed by atoms with van der Waals surface area (Å²) in [5.41, 5.74) is 1.38. The fraction of sp³-hybridized carbons (Fsp3) is 0.333. The van der Waals surface area contributed by atoms with Crippen LogP contribution >= 0.6 is 11.6 Å². The second-order valence-corrected chi connectivity index (χ2v) is 5.89. The molecule has 0 spiro atoms. The van der Waals surface area contributed by atoms with E-state index in [4.69, 9.17) is 16.3 Å². The van der Waals surface area contributed by atoms with Crippen LogP contribution in [0.1, 0.15) is 30.1 Å². The number of benzene rings is 1. The highest BCUT2D eigenvalue weighted by atomic mass is 35.5. The molecule has 0 aliphatic carbocycles. The molecular weight excluding hydrogens is 326 g/mol. The summed E-state index contributed by atoms with van der Waals surface area (Å²) in [6.07, 6.45) is 3.66. The highest BCUT2D eigenvalue weighted by molar-refractivity contribution is 6.32. The first-order valence-electron chi connectivity index (χ1n) is 7.87. The van der Waals surface area contributed by atoms with Gasteiger partial charge in [0.2, 0.25) is 0 Å². The number of nitrogens with one attached hydrogen (secondary N) is 1. The van der Waals surface area contributed by atoms with Crippen molar-refractivity contribution in [1.82, 2.24) is 9.88 Å². The van der Waals surface area contributed by atoms with Gasteiger partial charge in [0, 0.05) is 31.0 Å². The predicted octanol–water partition coefficient (Wildman–Crippen LogP) is 4.36. The van der Waals surface area contributed by atoms with Crippen molar-refractivity contribution in [3.8, 4) is 5.75 Å². The summed E-state index contributed by atoms with van der Waals surface area (Å²) in [5, 5.41) is 3.66. The molecule has 0 aliphatic rings. The summed E-state index contributed by atoms with van der Waals surface area (Å²) in [4.78, 5) is 18.4. The lowest BCUT2D eigenvalue weighted by Gasteiger charge is -2.17. The van der Waals surface area contributed by atoms with E-state index in [1.54, 1.807) is 42.5 Å². The average molecular weight is 348 g/mol. The normalized spacial score (nSPS) is 10.3. The first-order chi connectivity index (χ1) is 11.5. The van der Waals surface area contributed by atoms with Gasteiger partial charge in [0.05, 0.1) is 12.1 Å². The Morgan fingerprint density at radius 2 is 2.12 bits per heavy atom. The molecule has 0 saturated carbocycles. The van der Waals surface area contributed by atoms with Gasteiger partial charge in [-0.1, -0.05) is 24.9 Å². The van der Waals surface area contributed by atoms with Gasteiger partial charge in [0.25, 0.3) is 5.91 Å². The highest BCUT2D eigenvalue weighted by Gasteiger charge is 2.12. The van der Waals surface area contributed by atoms with E-state index < -0.39 is 0 Å². The van der Waals surface area contributed by atoms with Crippen LogP contribution in [0.2, 0.25) is 5.02 Å². The quantitative estimate of drug-likeness (QED) is 0.808. The van der Waals surface area contributed by atoms with Gasteiger partial charge in [0.15, 0.2) is 0 Å². The molecule has 0 saturated heterocycles. The zero-order valence-corrected chi connectivity index (χ0v) is 14.9. The minimum atomic E-state index is -0.0123. The Bertz CT molecular complexity index is 706. The maximum absolute atomic E-state index is 12.4. The minimum absolute atomic E-state index is 0.0123. The summed E-state index contributed by atoms with van der Waals surface area (Å²) in [6, 6.07) is 8.83. The molecule has 1 amide bonds. The zero-order chi connectivity index (χ0) is 17.5. The van der Waals surface area contributed by atoms with Crippen molar-refractivity contribution in [2.75, 3.05) is 26.0 Å². The molecule has 1 heterocycles. The van der Waals surface area contributed by atoms with E-state index in [1.807, 2.05) is 13.1 Å². The number of carbonyl (C=O) groups is 1. The Morgan fingerprint density at radius 3 is 2.79 bits per heavy atom. The molecule has 0 fully saturated rings. The van der Waals surface area contributed by atoms with Crippen molar-refractivity contribution in [3.05, 3.63) is 47.1 Å². The molecule has 0 radical (unpaired) electrons. The van der Waals surface area contributed by atoms with Crippen LogP contribution in [0.4, 0.5) is 11.5 Å². The Labute approximate surface area is 147 Å². The molecule has 2 rings (SSSR count). The average Bonchev–Trinajstić information content (AvgIpc) is 2.59. The second kappa shape index (κ2) is 8.55. The molecule has 1 aromatic carbocycles. The van der Waals surface area contributed by atoms with Crippen LogP contribution in [0.3, 0.4) is 0 Å². The number of rotatable bonds is 7. The molecule has 0 unspecified atom stereocenters. The van der Waals surface area contributed by atoms with Gasteiger partial charge < -0.3 is 15.0 Å². The number of anilines is 2. The van der Waals surface area contributed by atoms with E-state index >= 15 is 0 Å². The number of unbranched alkanes of at least 4 members (excludes halogenated alkanes) is 1. The van der Waals surface area contributed by atoms with Gasteiger partial charge in [-0.15, -0.1) is 0 Å². The first-order valence-corrected chi connectivity index (χ1v) is 8.25. The van der Waals surface area contributed by atoms with Crippen LogP contribution in [0.15, 0.2) is 36.5 Å². The van der Waals surface area contributed by atoms with E-state index in [2.05, 4.69) is 17.2 Å². The standard InChI is InChI=1S/C18H22ClN3O2/c1-4-5-10-22(2)18(23)13-8-9-20-17(11-13)21-14-6-7-16(24-3)15(19)12-14/h6-9,11-12H,4-5,10H2,1-3H3,(H,20,21). The Morgan fingerprint density at radius 1 is 1.33 bits per heavy atom. The van der Waals surface area contributed by atoms with E-state index in [9.17, 15) is 4.79 Å². The van der Waals surface area contributed by atoms with Gasteiger partial charge in [-0.25, -0.2) is 4.98 Å². The molecule has 24 heavy (non-hydrogen) atoms. The number of pyridine rings is 1. The van der Waals surface area contributed by atoms with Gasteiger partial charge in [-0.2, -0.15) is 0 Å². The second-order valence-electron chi connectivity index (χ2n) is 5.48. The number of hydrogen-bond donors (Lipinski definition) is 1. The summed E-state index contributed by atoms with van der Waals surface area (Å²) in [6.45, 7) is 2.85.